The second kappa shape index (κ2) is 6.39. The Morgan fingerprint density at radius 3 is 2.54 bits per heavy atom. The van der Waals surface area contributed by atoms with Crippen LogP contribution in [-0.4, -0.2) is 41.8 Å². The molecule has 1 heterocycles. The number of hydrogen-bond acceptors (Lipinski definition) is 5. The van der Waals surface area contributed by atoms with Crippen LogP contribution in [-0.2, 0) is 9.47 Å². The molecule has 0 radical (unpaired) electrons. The summed E-state index contributed by atoms with van der Waals surface area (Å²) in [6, 6.07) is 2.39. The number of carbonyl (C=O) groups is 2. The van der Waals surface area contributed by atoms with Gasteiger partial charge in [-0.2, -0.15) is 0 Å². The Hall–Kier alpha value is -1.56. The van der Waals surface area contributed by atoms with Crippen molar-refractivity contribution >= 4 is 23.4 Å². The van der Waals surface area contributed by atoms with Crippen molar-refractivity contribution < 1.29 is 19.1 Å². The zero-order chi connectivity index (χ0) is 17.5. The molecule has 1 aromatic heterocycles. The highest BCUT2D eigenvalue weighted by Crippen LogP contribution is 2.49. The van der Waals surface area contributed by atoms with Crippen molar-refractivity contribution in [3.8, 4) is 0 Å². The van der Waals surface area contributed by atoms with Crippen LogP contribution in [0.15, 0.2) is 11.4 Å². The zero-order valence-corrected chi connectivity index (χ0v) is 15.5. The van der Waals surface area contributed by atoms with Gasteiger partial charge in [-0.15, -0.1) is 11.3 Å². The molecule has 0 spiro atoms. The van der Waals surface area contributed by atoms with E-state index in [0.717, 1.165) is 24.1 Å². The Labute approximate surface area is 146 Å². The van der Waals surface area contributed by atoms with Crippen molar-refractivity contribution in [3.63, 3.8) is 0 Å². The molecular weight excluding hydrogens is 326 g/mol. The van der Waals surface area contributed by atoms with E-state index in [4.69, 9.17) is 9.47 Å². The largest absolute Gasteiger partial charge is 0.465 e. The number of thiophene rings is 1. The first-order valence-electron chi connectivity index (χ1n) is 8.48. The van der Waals surface area contributed by atoms with E-state index in [9.17, 15) is 9.59 Å². The van der Waals surface area contributed by atoms with Gasteiger partial charge in [0.1, 0.15) is 5.60 Å². The van der Waals surface area contributed by atoms with Crippen LogP contribution in [0.3, 0.4) is 0 Å². The Balaban J connectivity index is 1.70. The topological polar surface area (TPSA) is 55.8 Å². The molecule has 6 heteroatoms. The summed E-state index contributed by atoms with van der Waals surface area (Å²) < 4.78 is 10.4. The lowest BCUT2D eigenvalue weighted by Crippen LogP contribution is -2.48. The van der Waals surface area contributed by atoms with Gasteiger partial charge >= 0.3 is 12.1 Å². The lowest BCUT2D eigenvalue weighted by molar-refractivity contribution is 0.00409. The van der Waals surface area contributed by atoms with E-state index in [-0.39, 0.29) is 18.1 Å². The van der Waals surface area contributed by atoms with Gasteiger partial charge in [-0.1, -0.05) is 0 Å². The van der Waals surface area contributed by atoms with E-state index in [2.05, 4.69) is 0 Å². The van der Waals surface area contributed by atoms with Crippen molar-refractivity contribution in [2.45, 2.75) is 70.1 Å². The van der Waals surface area contributed by atoms with Crippen molar-refractivity contribution in [1.82, 2.24) is 4.90 Å². The number of hydrogen-bond donors (Lipinski definition) is 0. The molecule has 0 aliphatic heterocycles. The van der Waals surface area contributed by atoms with Crippen molar-refractivity contribution in [1.29, 1.82) is 0 Å². The van der Waals surface area contributed by atoms with Crippen LogP contribution in [0, 0.1) is 0 Å². The van der Waals surface area contributed by atoms with Crippen LogP contribution in [0.5, 0.6) is 0 Å². The van der Waals surface area contributed by atoms with Crippen LogP contribution in [0.1, 0.15) is 67.6 Å². The van der Waals surface area contributed by atoms with Gasteiger partial charge in [0.15, 0.2) is 0 Å². The molecule has 0 unspecified atom stereocenters. The molecule has 0 aromatic carbocycles. The summed E-state index contributed by atoms with van der Waals surface area (Å²) in [5, 5.41) is 1.83. The number of ether oxygens (including phenoxy) is 2. The number of carbonyl (C=O) groups excluding carboxylic acids is 2. The Bertz CT molecular complexity index is 629. The van der Waals surface area contributed by atoms with E-state index in [0.29, 0.717) is 17.5 Å². The van der Waals surface area contributed by atoms with E-state index in [1.165, 1.54) is 13.5 Å². The molecule has 0 bridgehead atoms. The fraction of sp³-hybridized carbons (Fsp3) is 0.667. The quantitative estimate of drug-likeness (QED) is 0.764. The first-order chi connectivity index (χ1) is 11.3. The fourth-order valence-electron chi connectivity index (χ4n) is 3.10. The maximum Gasteiger partial charge on any atom is 0.410 e. The predicted molar refractivity (Wildman–Crippen MR) is 92.5 cm³/mol. The summed E-state index contributed by atoms with van der Waals surface area (Å²) in [7, 11) is 1.39. The van der Waals surface area contributed by atoms with Gasteiger partial charge in [0.2, 0.25) is 0 Å². The van der Waals surface area contributed by atoms with Crippen LogP contribution in [0.2, 0.25) is 0 Å². The Kier molecular flexibility index (Phi) is 4.60. The molecule has 132 valence electrons. The third kappa shape index (κ3) is 3.58. The smallest absolute Gasteiger partial charge is 0.410 e. The van der Waals surface area contributed by atoms with Gasteiger partial charge in [-0.3, -0.25) is 0 Å². The molecule has 2 saturated carbocycles. The summed E-state index contributed by atoms with van der Waals surface area (Å²) >= 11 is 1.57. The molecule has 2 aliphatic carbocycles. The highest BCUT2D eigenvalue weighted by atomic mass is 32.1. The van der Waals surface area contributed by atoms with Crippen molar-refractivity contribution in [3.05, 3.63) is 21.9 Å². The van der Waals surface area contributed by atoms with E-state index >= 15 is 0 Å². The van der Waals surface area contributed by atoms with Gasteiger partial charge in [0.05, 0.1) is 12.7 Å². The number of amides is 1. The number of esters is 1. The van der Waals surface area contributed by atoms with E-state index in [1.807, 2.05) is 37.1 Å². The maximum atomic E-state index is 12.6. The molecule has 2 atom stereocenters. The normalized spacial score (nSPS) is 23.3. The van der Waals surface area contributed by atoms with Gasteiger partial charge in [0.25, 0.3) is 0 Å². The third-order valence-electron chi connectivity index (χ3n) is 4.59. The Morgan fingerprint density at radius 1 is 1.29 bits per heavy atom. The maximum absolute atomic E-state index is 12.6. The second-order valence-corrected chi connectivity index (χ2v) is 8.55. The van der Waals surface area contributed by atoms with E-state index in [1.54, 1.807) is 11.3 Å². The van der Waals surface area contributed by atoms with Crippen molar-refractivity contribution in [2.24, 2.45) is 0 Å². The SMILES string of the molecule is COC(=O)c1csc([C@@H]2C[C@H]2N(C(=O)OC(C)(C)C)C2CCC2)c1. The molecular formula is C18H25NO4S. The van der Waals surface area contributed by atoms with Gasteiger partial charge in [-0.05, 0) is 52.5 Å². The van der Waals surface area contributed by atoms with Crippen LogP contribution >= 0.6 is 11.3 Å². The summed E-state index contributed by atoms with van der Waals surface area (Å²) in [6.45, 7) is 5.70. The minimum Gasteiger partial charge on any atom is -0.465 e. The standard InChI is InChI=1S/C18H25NO4S/c1-18(2,3)23-17(21)19(12-6-5-7-12)14-9-13(14)15-8-11(10-24-15)16(20)22-4/h8,10,12-14H,5-7,9H2,1-4H3/t13-,14-/m1/s1. The van der Waals surface area contributed by atoms with E-state index < -0.39 is 5.60 Å². The first-order valence-corrected chi connectivity index (χ1v) is 9.36. The van der Waals surface area contributed by atoms with Gasteiger partial charge < -0.3 is 14.4 Å². The predicted octanol–water partition coefficient (Wildman–Crippen LogP) is 4.18. The summed E-state index contributed by atoms with van der Waals surface area (Å²) in [5.74, 6) is -0.000726. The molecule has 1 amide bonds. The van der Waals surface area contributed by atoms with Crippen molar-refractivity contribution in [2.75, 3.05) is 7.11 Å². The molecule has 3 rings (SSSR count). The second-order valence-electron chi connectivity index (χ2n) is 7.61. The average Bonchev–Trinajstić information content (AvgIpc) is 3.06. The molecule has 0 saturated heterocycles. The average molecular weight is 351 g/mol. The lowest BCUT2D eigenvalue weighted by atomic mass is 9.91. The third-order valence-corrected chi connectivity index (χ3v) is 5.66. The number of nitrogens with zero attached hydrogens (tertiary/aromatic N) is 1. The minimum atomic E-state index is -0.482. The zero-order valence-electron chi connectivity index (χ0n) is 14.7. The Morgan fingerprint density at radius 2 is 2.00 bits per heavy atom. The highest BCUT2D eigenvalue weighted by Gasteiger charge is 2.50. The summed E-state index contributed by atoms with van der Waals surface area (Å²) in [5.41, 5.74) is 0.111. The van der Waals surface area contributed by atoms with Crippen LogP contribution in [0.25, 0.3) is 0 Å². The molecule has 24 heavy (non-hydrogen) atoms. The number of rotatable bonds is 4. The van der Waals surface area contributed by atoms with Crippen LogP contribution in [0.4, 0.5) is 4.79 Å². The van der Waals surface area contributed by atoms with Crippen LogP contribution < -0.4 is 0 Å². The van der Waals surface area contributed by atoms with Gasteiger partial charge in [0, 0.05) is 28.3 Å². The highest BCUT2D eigenvalue weighted by molar-refractivity contribution is 7.10. The monoisotopic (exact) mass is 351 g/mol. The molecule has 2 aliphatic rings. The molecule has 0 N–H and O–H groups in total. The number of methoxy groups -OCH3 is 1. The van der Waals surface area contributed by atoms with Gasteiger partial charge in [-0.25, -0.2) is 9.59 Å². The summed E-state index contributed by atoms with van der Waals surface area (Å²) in [4.78, 5) is 27.4. The molecule has 1 aromatic rings. The molecule has 5 nitrogen and oxygen atoms in total. The minimum absolute atomic E-state index is 0.189. The fourth-order valence-corrected chi connectivity index (χ4v) is 4.15. The summed E-state index contributed by atoms with van der Waals surface area (Å²) in [6.07, 6.45) is 4.02. The first kappa shape index (κ1) is 17.3. The molecule has 2 fully saturated rings. The lowest BCUT2D eigenvalue weighted by Gasteiger charge is -2.38.